The lowest BCUT2D eigenvalue weighted by atomic mass is 10.1. The number of nitrogens with one attached hydrogen (secondary N) is 1. The normalized spacial score (nSPS) is 12.8. The predicted molar refractivity (Wildman–Crippen MR) is 70.4 cm³/mol. The molecule has 0 bridgehead atoms. The van der Waals surface area contributed by atoms with Crippen LogP contribution in [-0.2, 0) is 17.2 Å². The molecule has 0 aliphatic heterocycles. The highest BCUT2D eigenvalue weighted by Gasteiger charge is 2.23. The molecule has 1 rings (SSSR count). The van der Waals surface area contributed by atoms with Gasteiger partial charge in [0, 0.05) is 13.2 Å². The molecule has 9 heteroatoms. The van der Waals surface area contributed by atoms with Gasteiger partial charge in [-0.25, -0.2) is 0 Å². The SMILES string of the molecule is CC(C)C(C#N)NC(=O)c1cn(C)nc1OS(C)(=O)=O. The molecule has 1 atom stereocenters. The van der Waals surface area contributed by atoms with Crippen molar-refractivity contribution < 1.29 is 17.4 Å². The fourth-order valence-corrected chi connectivity index (χ4v) is 1.81. The van der Waals surface area contributed by atoms with Crippen LogP contribution < -0.4 is 9.50 Å². The van der Waals surface area contributed by atoms with Crippen LogP contribution in [0.2, 0.25) is 0 Å². The molecule has 0 aliphatic rings. The van der Waals surface area contributed by atoms with Crippen molar-refractivity contribution in [1.82, 2.24) is 15.1 Å². The van der Waals surface area contributed by atoms with Crippen molar-refractivity contribution >= 4 is 16.0 Å². The average molecular weight is 300 g/mol. The van der Waals surface area contributed by atoms with E-state index in [1.165, 1.54) is 17.9 Å². The first-order valence-corrected chi connectivity index (χ1v) is 7.59. The zero-order chi connectivity index (χ0) is 15.5. The van der Waals surface area contributed by atoms with E-state index in [-0.39, 0.29) is 17.4 Å². The van der Waals surface area contributed by atoms with E-state index >= 15 is 0 Å². The van der Waals surface area contributed by atoms with Crippen molar-refractivity contribution in [3.8, 4) is 11.9 Å². The van der Waals surface area contributed by atoms with Crippen molar-refractivity contribution in [3.63, 3.8) is 0 Å². The van der Waals surface area contributed by atoms with Gasteiger partial charge in [0.15, 0.2) is 0 Å². The van der Waals surface area contributed by atoms with Crippen molar-refractivity contribution in [1.29, 1.82) is 5.26 Å². The third-order valence-corrected chi connectivity index (χ3v) is 2.82. The van der Waals surface area contributed by atoms with Crippen LogP contribution in [0.25, 0.3) is 0 Å². The lowest BCUT2D eigenvalue weighted by Crippen LogP contribution is -2.37. The van der Waals surface area contributed by atoms with Gasteiger partial charge in [-0.15, -0.1) is 5.10 Å². The van der Waals surface area contributed by atoms with Gasteiger partial charge in [-0.2, -0.15) is 13.7 Å². The van der Waals surface area contributed by atoms with Crippen molar-refractivity contribution in [2.45, 2.75) is 19.9 Å². The third kappa shape index (κ3) is 4.24. The molecule has 0 radical (unpaired) electrons. The van der Waals surface area contributed by atoms with Gasteiger partial charge in [-0.05, 0) is 5.92 Å². The van der Waals surface area contributed by atoms with Crippen molar-refractivity contribution in [2.24, 2.45) is 13.0 Å². The van der Waals surface area contributed by atoms with E-state index < -0.39 is 22.1 Å². The number of hydrogen-bond donors (Lipinski definition) is 1. The zero-order valence-corrected chi connectivity index (χ0v) is 12.4. The van der Waals surface area contributed by atoms with Gasteiger partial charge in [0.25, 0.3) is 11.8 Å². The Balaban J connectivity index is 3.02. The van der Waals surface area contributed by atoms with E-state index in [1.54, 1.807) is 13.8 Å². The summed E-state index contributed by atoms with van der Waals surface area (Å²) in [4.78, 5) is 12.0. The maximum absolute atomic E-state index is 12.0. The van der Waals surface area contributed by atoms with E-state index in [9.17, 15) is 13.2 Å². The highest BCUT2D eigenvalue weighted by molar-refractivity contribution is 7.86. The summed E-state index contributed by atoms with van der Waals surface area (Å²) in [6, 6.07) is 1.27. The molecule has 1 N–H and O–H groups in total. The van der Waals surface area contributed by atoms with Crippen LogP contribution in [0.15, 0.2) is 6.20 Å². The summed E-state index contributed by atoms with van der Waals surface area (Å²) in [5.41, 5.74) is -0.0428. The van der Waals surface area contributed by atoms with Gasteiger partial charge < -0.3 is 9.50 Å². The van der Waals surface area contributed by atoms with Gasteiger partial charge in [-0.1, -0.05) is 13.8 Å². The molecule has 110 valence electrons. The predicted octanol–water partition coefficient (Wildman–Crippen LogP) is 0.0365. The van der Waals surface area contributed by atoms with Crippen LogP contribution in [0, 0.1) is 17.2 Å². The van der Waals surface area contributed by atoms with E-state index in [0.29, 0.717) is 0 Å². The zero-order valence-electron chi connectivity index (χ0n) is 11.6. The molecule has 0 saturated heterocycles. The molecule has 0 spiro atoms. The fraction of sp³-hybridized carbons (Fsp3) is 0.545. The van der Waals surface area contributed by atoms with E-state index in [1.807, 2.05) is 6.07 Å². The van der Waals surface area contributed by atoms with E-state index in [4.69, 9.17) is 5.26 Å². The Morgan fingerprint density at radius 3 is 2.60 bits per heavy atom. The molecule has 20 heavy (non-hydrogen) atoms. The number of carbonyl (C=O) groups is 1. The lowest BCUT2D eigenvalue weighted by Gasteiger charge is -2.14. The fourth-order valence-electron chi connectivity index (χ4n) is 1.40. The number of rotatable bonds is 5. The van der Waals surface area contributed by atoms with Crippen molar-refractivity contribution in [2.75, 3.05) is 6.26 Å². The quantitative estimate of drug-likeness (QED) is 0.768. The first kappa shape index (κ1) is 16.0. The Bertz CT molecular complexity index is 642. The molecule has 0 aliphatic carbocycles. The van der Waals surface area contributed by atoms with Gasteiger partial charge >= 0.3 is 10.1 Å². The molecule has 1 amide bonds. The molecule has 1 heterocycles. The molecule has 1 aromatic heterocycles. The molecular weight excluding hydrogens is 284 g/mol. The van der Waals surface area contributed by atoms with Crippen LogP contribution >= 0.6 is 0 Å². The number of aryl methyl sites for hydroxylation is 1. The van der Waals surface area contributed by atoms with Gasteiger partial charge in [0.05, 0.1) is 12.3 Å². The summed E-state index contributed by atoms with van der Waals surface area (Å²) in [6.07, 6.45) is 2.18. The molecular formula is C11H16N4O4S. The standard InChI is InChI=1S/C11H16N4O4S/c1-7(2)9(5-12)13-10(16)8-6-15(3)14-11(8)19-20(4,17)18/h6-7,9H,1-4H3,(H,13,16). The molecule has 1 unspecified atom stereocenters. The lowest BCUT2D eigenvalue weighted by molar-refractivity contribution is 0.0936. The number of nitriles is 1. The summed E-state index contributed by atoms with van der Waals surface area (Å²) < 4.78 is 28.1. The molecule has 1 aromatic rings. The monoisotopic (exact) mass is 300 g/mol. The number of amides is 1. The summed E-state index contributed by atoms with van der Waals surface area (Å²) in [5, 5.41) is 15.2. The minimum atomic E-state index is -3.79. The maximum Gasteiger partial charge on any atom is 0.307 e. The molecule has 0 aromatic carbocycles. The Hall–Kier alpha value is -2.08. The second-order valence-electron chi connectivity index (χ2n) is 4.63. The Kier molecular flexibility index (Phi) is 4.73. The summed E-state index contributed by atoms with van der Waals surface area (Å²) in [6.45, 7) is 3.57. The summed E-state index contributed by atoms with van der Waals surface area (Å²) >= 11 is 0. The highest BCUT2D eigenvalue weighted by atomic mass is 32.2. The number of aromatic nitrogens is 2. The summed E-state index contributed by atoms with van der Waals surface area (Å²) in [7, 11) is -2.27. The van der Waals surface area contributed by atoms with E-state index in [0.717, 1.165) is 6.26 Å². The largest absolute Gasteiger partial charge is 0.359 e. The second kappa shape index (κ2) is 5.92. The second-order valence-corrected chi connectivity index (χ2v) is 6.21. The van der Waals surface area contributed by atoms with Crippen LogP contribution in [0.1, 0.15) is 24.2 Å². The maximum atomic E-state index is 12.0. The first-order valence-electron chi connectivity index (χ1n) is 5.77. The summed E-state index contributed by atoms with van der Waals surface area (Å²) in [5.74, 6) is -1.01. The van der Waals surface area contributed by atoms with Gasteiger partial charge in [0.1, 0.15) is 11.6 Å². The first-order chi connectivity index (χ1) is 9.14. The Morgan fingerprint density at radius 2 is 2.15 bits per heavy atom. The minimum Gasteiger partial charge on any atom is -0.359 e. The van der Waals surface area contributed by atoms with Gasteiger partial charge in [-0.3, -0.25) is 9.48 Å². The Labute approximate surface area is 117 Å². The Morgan fingerprint density at radius 1 is 1.55 bits per heavy atom. The smallest absolute Gasteiger partial charge is 0.307 e. The van der Waals surface area contributed by atoms with Gasteiger partial charge in [0.2, 0.25) is 0 Å². The topological polar surface area (TPSA) is 114 Å². The number of carbonyl (C=O) groups excluding carboxylic acids is 1. The minimum absolute atomic E-state index is 0.0428. The molecule has 8 nitrogen and oxygen atoms in total. The van der Waals surface area contributed by atoms with Crippen LogP contribution in [0.5, 0.6) is 5.88 Å². The van der Waals surface area contributed by atoms with Crippen LogP contribution in [-0.4, -0.2) is 36.4 Å². The highest BCUT2D eigenvalue weighted by Crippen LogP contribution is 2.17. The third-order valence-electron chi connectivity index (χ3n) is 2.36. The number of nitrogens with zero attached hydrogens (tertiary/aromatic N) is 3. The molecule has 0 saturated carbocycles. The number of hydrogen-bond acceptors (Lipinski definition) is 6. The van der Waals surface area contributed by atoms with Crippen LogP contribution in [0.4, 0.5) is 0 Å². The average Bonchev–Trinajstić information content (AvgIpc) is 2.63. The van der Waals surface area contributed by atoms with E-state index in [2.05, 4.69) is 14.6 Å². The van der Waals surface area contributed by atoms with Crippen LogP contribution in [0.3, 0.4) is 0 Å². The molecule has 0 fully saturated rings. The van der Waals surface area contributed by atoms with Crippen molar-refractivity contribution in [3.05, 3.63) is 11.8 Å².